The summed E-state index contributed by atoms with van der Waals surface area (Å²) in [5.74, 6) is 0. The molecule has 1 N–H and O–H groups in total. The van der Waals surface area contributed by atoms with Gasteiger partial charge in [0.1, 0.15) is 0 Å². The van der Waals surface area contributed by atoms with Crippen molar-refractivity contribution < 1.29 is 5.11 Å². The molecule has 0 bridgehead atoms. The summed E-state index contributed by atoms with van der Waals surface area (Å²) in [5.41, 5.74) is 1.16. The highest BCUT2D eigenvalue weighted by Gasteiger charge is 2.35. The summed E-state index contributed by atoms with van der Waals surface area (Å²) in [7, 11) is 0. The number of benzene rings is 1. The molecule has 82 valence electrons. The van der Waals surface area contributed by atoms with Crippen LogP contribution in [0.3, 0.4) is 0 Å². The van der Waals surface area contributed by atoms with Gasteiger partial charge < -0.3 is 5.11 Å². The van der Waals surface area contributed by atoms with Crippen LogP contribution in [0.1, 0.15) is 18.4 Å². The third kappa shape index (κ3) is 2.17. The Morgan fingerprint density at radius 1 is 1.20 bits per heavy atom. The van der Waals surface area contributed by atoms with Gasteiger partial charge in [-0.3, -0.25) is 0 Å². The maximum absolute atomic E-state index is 9.62. The second-order valence-electron chi connectivity index (χ2n) is 4.21. The first-order chi connectivity index (χ1) is 7.27. The minimum atomic E-state index is -0.0767. The number of aliphatic hydroxyl groups is 1. The van der Waals surface area contributed by atoms with E-state index in [0.717, 1.165) is 25.9 Å². The van der Waals surface area contributed by atoms with Crippen molar-refractivity contribution in [1.29, 1.82) is 0 Å². The molecule has 0 amide bonds. The Kier molecular flexibility index (Phi) is 3.29. The average molecular weight is 226 g/mol. The van der Waals surface area contributed by atoms with Gasteiger partial charge in [-0.25, -0.2) is 4.42 Å². The standard InChI is InChI=1S/C12H16ClNO/c13-14-8-6-12(10-15,7-9-14)11-4-2-1-3-5-11/h1-5,15H,6-10H2. The number of piperidine rings is 1. The maximum atomic E-state index is 9.62. The van der Waals surface area contributed by atoms with E-state index in [2.05, 4.69) is 12.1 Å². The third-order valence-electron chi connectivity index (χ3n) is 3.35. The number of halogens is 1. The largest absolute Gasteiger partial charge is 0.395 e. The van der Waals surface area contributed by atoms with Gasteiger partial charge in [0.2, 0.25) is 0 Å². The minimum Gasteiger partial charge on any atom is -0.395 e. The molecule has 1 aromatic rings. The molecule has 1 aliphatic heterocycles. The Labute approximate surface area is 95.6 Å². The van der Waals surface area contributed by atoms with Gasteiger partial charge >= 0.3 is 0 Å². The highest BCUT2D eigenvalue weighted by atomic mass is 35.5. The molecule has 1 fully saturated rings. The summed E-state index contributed by atoms with van der Waals surface area (Å²) in [4.78, 5) is 0. The number of nitrogens with zero attached hydrogens (tertiary/aromatic N) is 1. The Morgan fingerprint density at radius 3 is 2.33 bits per heavy atom. The topological polar surface area (TPSA) is 23.5 Å². The molecule has 0 saturated carbocycles. The fourth-order valence-electron chi connectivity index (χ4n) is 2.24. The van der Waals surface area contributed by atoms with Crippen molar-refractivity contribution in [2.75, 3.05) is 19.7 Å². The van der Waals surface area contributed by atoms with Crippen LogP contribution in [-0.4, -0.2) is 29.2 Å². The van der Waals surface area contributed by atoms with E-state index in [1.807, 2.05) is 18.2 Å². The SMILES string of the molecule is OCC1(c2ccccc2)CCN(Cl)CC1. The molecule has 15 heavy (non-hydrogen) atoms. The molecular weight excluding hydrogens is 210 g/mol. The number of hydrogen-bond donors (Lipinski definition) is 1. The van der Waals surface area contributed by atoms with E-state index in [0.29, 0.717) is 0 Å². The van der Waals surface area contributed by atoms with Gasteiger partial charge in [0.15, 0.2) is 0 Å². The Balaban J connectivity index is 2.23. The molecule has 2 rings (SSSR count). The molecular formula is C12H16ClNO. The molecule has 0 radical (unpaired) electrons. The van der Waals surface area contributed by atoms with Crippen molar-refractivity contribution in [2.24, 2.45) is 0 Å². The van der Waals surface area contributed by atoms with Crippen molar-refractivity contribution >= 4 is 11.8 Å². The molecule has 1 heterocycles. The Bertz CT molecular complexity index is 307. The van der Waals surface area contributed by atoms with E-state index in [9.17, 15) is 5.11 Å². The van der Waals surface area contributed by atoms with Crippen LogP contribution in [0.2, 0.25) is 0 Å². The molecule has 1 aliphatic rings. The van der Waals surface area contributed by atoms with Crippen LogP contribution < -0.4 is 0 Å². The molecule has 1 saturated heterocycles. The highest BCUT2D eigenvalue weighted by Crippen LogP contribution is 2.35. The summed E-state index contributed by atoms with van der Waals surface area (Å²) >= 11 is 5.94. The van der Waals surface area contributed by atoms with Crippen molar-refractivity contribution in [3.63, 3.8) is 0 Å². The van der Waals surface area contributed by atoms with Gasteiger partial charge in [-0.05, 0) is 30.2 Å². The zero-order chi connectivity index (χ0) is 10.7. The lowest BCUT2D eigenvalue weighted by Crippen LogP contribution is -2.41. The van der Waals surface area contributed by atoms with Crippen LogP contribution in [0.25, 0.3) is 0 Å². The number of aliphatic hydroxyl groups excluding tert-OH is 1. The lowest BCUT2D eigenvalue weighted by molar-refractivity contribution is 0.135. The van der Waals surface area contributed by atoms with Gasteiger partial charge in [0.25, 0.3) is 0 Å². The molecule has 0 aliphatic carbocycles. The summed E-state index contributed by atoms with van der Waals surface area (Å²) in [6.45, 7) is 1.90. The highest BCUT2D eigenvalue weighted by molar-refractivity contribution is 6.13. The second kappa shape index (κ2) is 4.52. The maximum Gasteiger partial charge on any atom is 0.0528 e. The predicted octanol–water partition coefficient (Wildman–Crippen LogP) is 2.17. The number of rotatable bonds is 2. The fraction of sp³-hybridized carbons (Fsp3) is 0.500. The van der Waals surface area contributed by atoms with E-state index < -0.39 is 0 Å². The quantitative estimate of drug-likeness (QED) is 0.780. The second-order valence-corrected chi connectivity index (χ2v) is 4.69. The van der Waals surface area contributed by atoms with Crippen LogP contribution in [0, 0.1) is 0 Å². The van der Waals surface area contributed by atoms with Gasteiger partial charge in [0.05, 0.1) is 6.61 Å². The zero-order valence-electron chi connectivity index (χ0n) is 8.69. The lowest BCUT2D eigenvalue weighted by Gasteiger charge is -2.38. The van der Waals surface area contributed by atoms with E-state index >= 15 is 0 Å². The van der Waals surface area contributed by atoms with Crippen LogP contribution >= 0.6 is 11.8 Å². The lowest BCUT2D eigenvalue weighted by atomic mass is 9.74. The van der Waals surface area contributed by atoms with Gasteiger partial charge in [0, 0.05) is 18.5 Å². The van der Waals surface area contributed by atoms with Crippen LogP contribution in [0.5, 0.6) is 0 Å². The monoisotopic (exact) mass is 225 g/mol. The molecule has 0 spiro atoms. The Morgan fingerprint density at radius 2 is 1.80 bits per heavy atom. The van der Waals surface area contributed by atoms with E-state index in [-0.39, 0.29) is 12.0 Å². The first kappa shape index (κ1) is 10.9. The molecule has 0 atom stereocenters. The third-order valence-corrected chi connectivity index (χ3v) is 3.69. The molecule has 2 nitrogen and oxygen atoms in total. The minimum absolute atomic E-state index is 0.0767. The Hall–Kier alpha value is -0.570. The summed E-state index contributed by atoms with van der Waals surface area (Å²) in [6.07, 6.45) is 1.86. The van der Waals surface area contributed by atoms with E-state index in [1.165, 1.54) is 5.56 Å². The summed E-state index contributed by atoms with van der Waals surface area (Å²) in [5, 5.41) is 9.62. The van der Waals surface area contributed by atoms with Crippen molar-refractivity contribution in [2.45, 2.75) is 18.3 Å². The van der Waals surface area contributed by atoms with Crippen molar-refractivity contribution in [3.8, 4) is 0 Å². The fourth-order valence-corrected chi connectivity index (χ4v) is 2.41. The molecule has 1 aromatic carbocycles. The van der Waals surface area contributed by atoms with Crippen LogP contribution in [0.4, 0.5) is 0 Å². The molecule has 3 heteroatoms. The van der Waals surface area contributed by atoms with Crippen LogP contribution in [-0.2, 0) is 5.41 Å². The van der Waals surface area contributed by atoms with Crippen LogP contribution in [0.15, 0.2) is 30.3 Å². The molecule has 0 unspecified atom stereocenters. The summed E-state index contributed by atoms with van der Waals surface area (Å²) < 4.78 is 1.80. The van der Waals surface area contributed by atoms with Gasteiger partial charge in [-0.2, -0.15) is 0 Å². The normalized spacial score (nSPS) is 21.5. The number of hydrogen-bond acceptors (Lipinski definition) is 2. The van der Waals surface area contributed by atoms with Gasteiger partial charge in [-0.1, -0.05) is 30.3 Å². The average Bonchev–Trinajstić information content (AvgIpc) is 2.32. The smallest absolute Gasteiger partial charge is 0.0528 e. The first-order valence-corrected chi connectivity index (χ1v) is 5.68. The van der Waals surface area contributed by atoms with E-state index in [4.69, 9.17) is 11.8 Å². The zero-order valence-corrected chi connectivity index (χ0v) is 9.45. The molecule has 0 aromatic heterocycles. The van der Waals surface area contributed by atoms with Crippen molar-refractivity contribution in [3.05, 3.63) is 35.9 Å². The van der Waals surface area contributed by atoms with E-state index in [1.54, 1.807) is 4.42 Å². The van der Waals surface area contributed by atoms with Gasteiger partial charge in [-0.15, -0.1) is 0 Å². The summed E-state index contributed by atoms with van der Waals surface area (Å²) in [6, 6.07) is 10.3. The van der Waals surface area contributed by atoms with Crippen molar-refractivity contribution in [1.82, 2.24) is 4.42 Å². The first-order valence-electron chi connectivity index (χ1n) is 5.34. The predicted molar refractivity (Wildman–Crippen MR) is 61.9 cm³/mol.